The molecule has 6 heteroatoms. The van der Waals surface area contributed by atoms with Crippen LogP contribution in [-0.4, -0.2) is 22.1 Å². The maximum absolute atomic E-state index is 5.78. The molecule has 76 valence electrons. The Morgan fingerprint density at radius 3 is 2.77 bits per heavy atom. The van der Waals surface area contributed by atoms with Crippen molar-refractivity contribution in [1.29, 1.82) is 0 Å². The van der Waals surface area contributed by atoms with Crippen LogP contribution in [0, 0.1) is 6.92 Å². The summed E-state index contributed by atoms with van der Waals surface area (Å²) in [5.74, 6) is 2.20. The molecule has 2 N–H and O–H groups in total. The summed E-state index contributed by atoms with van der Waals surface area (Å²) in [6, 6.07) is -0.112. The minimum Gasteiger partial charge on any atom is -0.338 e. The number of aromatic nitrogens is 2. The second-order valence-electron chi connectivity index (χ2n) is 2.57. The van der Waals surface area contributed by atoms with Gasteiger partial charge in [-0.3, -0.25) is 0 Å². The number of nitrogens with two attached hydrogens (primary N) is 1. The smallest absolute Gasteiger partial charge is 0.243 e. The number of hydrogen-bond acceptors (Lipinski definition) is 5. The molecule has 1 aromatic rings. The van der Waals surface area contributed by atoms with Gasteiger partial charge >= 0.3 is 0 Å². The van der Waals surface area contributed by atoms with Crippen molar-refractivity contribution in [3.8, 4) is 0 Å². The van der Waals surface area contributed by atoms with Crippen molar-refractivity contribution in [3.05, 3.63) is 11.7 Å². The average molecular weight is 224 g/mol. The molecule has 0 aliphatic heterocycles. The van der Waals surface area contributed by atoms with Crippen LogP contribution < -0.4 is 5.73 Å². The summed E-state index contributed by atoms with van der Waals surface area (Å²) in [6.45, 7) is 1.79. The van der Waals surface area contributed by atoms with Gasteiger partial charge in [0.1, 0.15) is 0 Å². The van der Waals surface area contributed by atoms with E-state index in [0.29, 0.717) is 11.7 Å². The zero-order valence-electron chi connectivity index (χ0n) is 7.69. The zero-order valence-corrected chi connectivity index (χ0v) is 9.32. The molecule has 1 unspecified atom stereocenters. The largest absolute Gasteiger partial charge is 0.338 e. The lowest BCUT2D eigenvalue weighted by atomic mass is 10.2. The normalized spacial score (nSPS) is 12.2. The highest BCUT2D eigenvalue weighted by Gasteiger charge is 2.11. The molecule has 0 saturated carbocycles. The van der Waals surface area contributed by atoms with Crippen molar-refractivity contribution >= 4 is 24.2 Å². The lowest BCUT2D eigenvalue weighted by molar-refractivity contribution is 0.350. The monoisotopic (exact) mass is 223 g/mol. The van der Waals surface area contributed by atoms with Crippen molar-refractivity contribution < 1.29 is 4.52 Å². The average Bonchev–Trinajstić information content (AvgIpc) is 2.47. The first-order chi connectivity index (χ1) is 5.74. The summed E-state index contributed by atoms with van der Waals surface area (Å²) in [7, 11) is 0. The van der Waals surface area contributed by atoms with Gasteiger partial charge in [-0.05, 0) is 25.4 Å². The molecule has 1 atom stereocenters. The van der Waals surface area contributed by atoms with E-state index in [4.69, 9.17) is 10.3 Å². The summed E-state index contributed by atoms with van der Waals surface area (Å²) in [5, 5.41) is 3.67. The molecular weight excluding hydrogens is 210 g/mol. The first-order valence-electron chi connectivity index (χ1n) is 3.78. The van der Waals surface area contributed by atoms with Gasteiger partial charge in [0.05, 0.1) is 6.04 Å². The van der Waals surface area contributed by atoms with Crippen LogP contribution in [0.25, 0.3) is 0 Å². The molecule has 13 heavy (non-hydrogen) atoms. The van der Waals surface area contributed by atoms with Crippen molar-refractivity contribution in [1.82, 2.24) is 10.1 Å². The fourth-order valence-electron chi connectivity index (χ4n) is 0.832. The van der Waals surface area contributed by atoms with E-state index in [0.717, 1.165) is 12.2 Å². The molecule has 0 bridgehead atoms. The summed E-state index contributed by atoms with van der Waals surface area (Å²) < 4.78 is 4.93. The molecule has 4 nitrogen and oxygen atoms in total. The van der Waals surface area contributed by atoms with Gasteiger partial charge in [0.15, 0.2) is 5.82 Å². The van der Waals surface area contributed by atoms with Gasteiger partial charge in [0.25, 0.3) is 0 Å². The predicted molar refractivity (Wildman–Crippen MR) is 56.2 cm³/mol. The number of rotatable bonds is 4. The van der Waals surface area contributed by atoms with Crippen LogP contribution in [0.3, 0.4) is 0 Å². The number of aryl methyl sites for hydroxylation is 1. The highest BCUT2D eigenvalue weighted by molar-refractivity contribution is 7.98. The second kappa shape index (κ2) is 6.23. The predicted octanol–water partition coefficient (Wildman–Crippen LogP) is 1.55. The highest BCUT2D eigenvalue weighted by Crippen LogP contribution is 2.13. The Bertz CT molecular complexity index is 243. The van der Waals surface area contributed by atoms with E-state index in [-0.39, 0.29) is 18.4 Å². The third-order valence-electron chi connectivity index (χ3n) is 1.49. The van der Waals surface area contributed by atoms with E-state index in [2.05, 4.69) is 10.1 Å². The summed E-state index contributed by atoms with van der Waals surface area (Å²) >= 11 is 1.76. The maximum atomic E-state index is 5.78. The Morgan fingerprint density at radius 2 is 2.31 bits per heavy atom. The molecular formula is C7H14ClN3OS. The van der Waals surface area contributed by atoms with Crippen molar-refractivity contribution in [2.24, 2.45) is 5.73 Å². The van der Waals surface area contributed by atoms with Gasteiger partial charge in [-0.15, -0.1) is 12.4 Å². The van der Waals surface area contributed by atoms with E-state index in [9.17, 15) is 0 Å². The maximum Gasteiger partial charge on any atom is 0.243 e. The molecule has 0 radical (unpaired) electrons. The number of thioether (sulfide) groups is 1. The SMILES string of the molecule is CSCCC(N)c1nc(C)no1.Cl. The fourth-order valence-corrected chi connectivity index (χ4v) is 1.32. The second-order valence-corrected chi connectivity index (χ2v) is 3.55. The standard InChI is InChI=1S/C7H13N3OS.ClH/c1-5-9-7(11-10-5)6(8)3-4-12-2;/h6H,3-4,8H2,1-2H3;1H. The number of hydrogen-bond donors (Lipinski definition) is 1. The summed E-state index contributed by atoms with van der Waals surface area (Å²) in [6.07, 6.45) is 2.93. The van der Waals surface area contributed by atoms with Crippen molar-refractivity contribution in [2.75, 3.05) is 12.0 Å². The van der Waals surface area contributed by atoms with Gasteiger partial charge in [-0.2, -0.15) is 16.7 Å². The topological polar surface area (TPSA) is 64.9 Å². The van der Waals surface area contributed by atoms with Crippen molar-refractivity contribution in [2.45, 2.75) is 19.4 Å². The molecule has 0 amide bonds. The van der Waals surface area contributed by atoms with Gasteiger partial charge in [0.2, 0.25) is 5.89 Å². The molecule has 0 aliphatic rings. The van der Waals surface area contributed by atoms with Crippen LogP contribution in [0.1, 0.15) is 24.2 Å². The van der Waals surface area contributed by atoms with Gasteiger partial charge in [-0.25, -0.2) is 0 Å². The van der Waals surface area contributed by atoms with E-state index >= 15 is 0 Å². The molecule has 0 fully saturated rings. The Kier molecular flexibility index (Phi) is 6.11. The molecule has 1 rings (SSSR count). The Morgan fingerprint density at radius 1 is 1.62 bits per heavy atom. The van der Waals surface area contributed by atoms with Crippen LogP contribution in [0.15, 0.2) is 4.52 Å². The van der Waals surface area contributed by atoms with Crippen LogP contribution in [0.5, 0.6) is 0 Å². The van der Waals surface area contributed by atoms with E-state index in [1.807, 2.05) is 6.26 Å². The number of nitrogens with zero attached hydrogens (tertiary/aromatic N) is 2. The van der Waals surface area contributed by atoms with Crippen LogP contribution >= 0.6 is 24.2 Å². The fraction of sp³-hybridized carbons (Fsp3) is 0.714. The Balaban J connectivity index is 0.00000144. The molecule has 0 spiro atoms. The highest BCUT2D eigenvalue weighted by atomic mass is 35.5. The zero-order chi connectivity index (χ0) is 8.97. The van der Waals surface area contributed by atoms with Crippen LogP contribution in [0.4, 0.5) is 0 Å². The Hall–Kier alpha value is -0.260. The van der Waals surface area contributed by atoms with Gasteiger partial charge in [-0.1, -0.05) is 5.16 Å². The third kappa shape index (κ3) is 3.97. The first kappa shape index (κ1) is 12.7. The van der Waals surface area contributed by atoms with Crippen LogP contribution in [-0.2, 0) is 0 Å². The van der Waals surface area contributed by atoms with E-state index in [1.165, 1.54) is 0 Å². The third-order valence-corrected chi connectivity index (χ3v) is 2.14. The molecule has 0 aromatic carbocycles. The molecule has 0 saturated heterocycles. The lowest BCUT2D eigenvalue weighted by Crippen LogP contribution is -2.11. The molecule has 1 aromatic heterocycles. The lowest BCUT2D eigenvalue weighted by Gasteiger charge is -2.03. The quantitative estimate of drug-likeness (QED) is 0.839. The summed E-state index contributed by atoms with van der Waals surface area (Å²) in [5.41, 5.74) is 5.78. The first-order valence-corrected chi connectivity index (χ1v) is 5.18. The Labute approximate surface area is 88.1 Å². The minimum atomic E-state index is -0.112. The molecule has 1 heterocycles. The van der Waals surface area contributed by atoms with Crippen LogP contribution in [0.2, 0.25) is 0 Å². The van der Waals surface area contributed by atoms with Crippen molar-refractivity contribution in [3.63, 3.8) is 0 Å². The van der Waals surface area contributed by atoms with E-state index < -0.39 is 0 Å². The van der Waals surface area contributed by atoms with Gasteiger partial charge < -0.3 is 10.3 Å². The number of halogens is 1. The molecule has 0 aliphatic carbocycles. The van der Waals surface area contributed by atoms with E-state index in [1.54, 1.807) is 18.7 Å². The minimum absolute atomic E-state index is 0. The summed E-state index contributed by atoms with van der Waals surface area (Å²) in [4.78, 5) is 4.05. The van der Waals surface area contributed by atoms with Gasteiger partial charge in [0, 0.05) is 0 Å².